The number of hydrogen-bond donors (Lipinski definition) is 2. The lowest BCUT2D eigenvalue weighted by molar-refractivity contribution is -0.137. The Labute approximate surface area is 191 Å². The van der Waals surface area contributed by atoms with Crippen LogP contribution in [0.3, 0.4) is 0 Å². The molecule has 0 unspecified atom stereocenters. The Morgan fingerprint density at radius 2 is 1.62 bits per heavy atom. The first kappa shape index (κ1) is 24.2. The monoisotopic (exact) mass is 473 g/mol. The maximum atomic E-state index is 12.9. The van der Waals surface area contributed by atoms with Crippen LogP contribution in [0.15, 0.2) is 66.9 Å². The standard InChI is InChI=1S/C23H18F3N3O5/c1-33-20-9-8-15(12-27-20)22(32)34-13-19(30)28-17-6-2-4-14(10-17)21(31)29-18-7-3-5-16(11-18)23(24,25)26/h2-12H,13H2,1H3,(H,28,30)(H,29,31). The van der Waals surface area contributed by atoms with Crippen molar-refractivity contribution in [2.75, 3.05) is 24.4 Å². The number of benzene rings is 2. The highest BCUT2D eigenvalue weighted by atomic mass is 19.4. The normalized spacial score (nSPS) is 10.8. The van der Waals surface area contributed by atoms with Gasteiger partial charge in [0, 0.05) is 29.2 Å². The Morgan fingerprint density at radius 1 is 0.912 bits per heavy atom. The van der Waals surface area contributed by atoms with E-state index in [0.29, 0.717) is 5.88 Å². The van der Waals surface area contributed by atoms with E-state index in [1.165, 1.54) is 61.8 Å². The number of aromatic nitrogens is 1. The smallest absolute Gasteiger partial charge is 0.416 e. The van der Waals surface area contributed by atoms with Gasteiger partial charge >= 0.3 is 12.1 Å². The molecule has 2 N–H and O–H groups in total. The van der Waals surface area contributed by atoms with Crippen molar-refractivity contribution in [1.29, 1.82) is 0 Å². The summed E-state index contributed by atoms with van der Waals surface area (Å²) in [5.41, 5.74) is -0.484. The molecule has 0 bridgehead atoms. The number of methoxy groups -OCH3 is 1. The number of anilines is 2. The summed E-state index contributed by atoms with van der Waals surface area (Å²) in [7, 11) is 1.43. The van der Waals surface area contributed by atoms with E-state index in [-0.39, 0.29) is 22.5 Å². The van der Waals surface area contributed by atoms with Gasteiger partial charge in [0.15, 0.2) is 6.61 Å². The van der Waals surface area contributed by atoms with Crippen LogP contribution in [-0.2, 0) is 15.7 Å². The largest absolute Gasteiger partial charge is 0.481 e. The number of esters is 1. The summed E-state index contributed by atoms with van der Waals surface area (Å²) in [4.78, 5) is 40.4. The van der Waals surface area contributed by atoms with Crippen LogP contribution >= 0.6 is 0 Å². The second-order valence-corrected chi connectivity index (χ2v) is 6.83. The van der Waals surface area contributed by atoms with Gasteiger partial charge in [-0.3, -0.25) is 9.59 Å². The van der Waals surface area contributed by atoms with Crippen LogP contribution in [0.4, 0.5) is 24.5 Å². The first-order valence-corrected chi connectivity index (χ1v) is 9.71. The molecule has 0 atom stereocenters. The third kappa shape index (κ3) is 6.55. The van der Waals surface area contributed by atoms with Crippen LogP contribution in [0.25, 0.3) is 0 Å². The van der Waals surface area contributed by atoms with Crippen LogP contribution in [0.2, 0.25) is 0 Å². The van der Waals surface area contributed by atoms with Crippen molar-refractivity contribution in [1.82, 2.24) is 4.98 Å². The number of carbonyl (C=O) groups excluding carboxylic acids is 3. The van der Waals surface area contributed by atoms with Gasteiger partial charge in [-0.1, -0.05) is 12.1 Å². The third-order valence-corrected chi connectivity index (χ3v) is 4.37. The molecule has 0 saturated carbocycles. The van der Waals surface area contributed by atoms with Crippen molar-refractivity contribution in [3.05, 3.63) is 83.6 Å². The minimum atomic E-state index is -4.54. The van der Waals surface area contributed by atoms with Gasteiger partial charge in [-0.15, -0.1) is 0 Å². The Kier molecular flexibility index (Phi) is 7.46. The van der Waals surface area contributed by atoms with E-state index in [2.05, 4.69) is 15.6 Å². The van der Waals surface area contributed by atoms with Gasteiger partial charge in [0.2, 0.25) is 5.88 Å². The molecule has 176 valence electrons. The quantitative estimate of drug-likeness (QED) is 0.499. The van der Waals surface area contributed by atoms with E-state index in [4.69, 9.17) is 9.47 Å². The molecule has 1 heterocycles. The Balaban J connectivity index is 1.57. The molecule has 1 aromatic heterocycles. The van der Waals surface area contributed by atoms with Crippen LogP contribution in [0.1, 0.15) is 26.3 Å². The van der Waals surface area contributed by atoms with Crippen molar-refractivity contribution >= 4 is 29.2 Å². The second kappa shape index (κ2) is 10.5. The molecular weight excluding hydrogens is 455 g/mol. The molecule has 34 heavy (non-hydrogen) atoms. The molecule has 0 spiro atoms. The third-order valence-electron chi connectivity index (χ3n) is 4.37. The minimum absolute atomic E-state index is 0.0332. The molecule has 0 fully saturated rings. The second-order valence-electron chi connectivity index (χ2n) is 6.83. The van der Waals surface area contributed by atoms with E-state index in [1.54, 1.807) is 0 Å². The van der Waals surface area contributed by atoms with E-state index < -0.39 is 36.1 Å². The predicted octanol–water partition coefficient (Wildman–Crippen LogP) is 4.16. The average Bonchev–Trinajstić information content (AvgIpc) is 2.82. The molecule has 11 heteroatoms. The van der Waals surface area contributed by atoms with E-state index in [9.17, 15) is 27.6 Å². The highest BCUT2D eigenvalue weighted by Gasteiger charge is 2.30. The Morgan fingerprint density at radius 3 is 2.26 bits per heavy atom. The first-order chi connectivity index (χ1) is 16.2. The lowest BCUT2D eigenvalue weighted by Gasteiger charge is -2.11. The van der Waals surface area contributed by atoms with Gasteiger partial charge in [-0.05, 0) is 42.5 Å². The van der Waals surface area contributed by atoms with Crippen molar-refractivity contribution in [2.45, 2.75) is 6.18 Å². The molecule has 0 aliphatic rings. The summed E-state index contributed by atoms with van der Waals surface area (Å²) in [6.45, 7) is -0.592. The number of ether oxygens (including phenoxy) is 2. The molecular formula is C23H18F3N3O5. The highest BCUT2D eigenvalue weighted by Crippen LogP contribution is 2.30. The van der Waals surface area contributed by atoms with Gasteiger partial charge in [0.1, 0.15) is 0 Å². The maximum Gasteiger partial charge on any atom is 0.416 e. The molecule has 8 nitrogen and oxygen atoms in total. The fraction of sp³-hybridized carbons (Fsp3) is 0.130. The number of carbonyl (C=O) groups is 3. The number of nitrogens with one attached hydrogen (secondary N) is 2. The number of halogens is 3. The summed E-state index contributed by atoms with van der Waals surface area (Å²) in [6.07, 6.45) is -3.30. The molecule has 3 rings (SSSR count). The number of nitrogens with zero attached hydrogens (tertiary/aromatic N) is 1. The highest BCUT2D eigenvalue weighted by molar-refractivity contribution is 6.05. The Bertz CT molecular complexity index is 1200. The number of hydrogen-bond acceptors (Lipinski definition) is 6. The zero-order valence-corrected chi connectivity index (χ0v) is 17.7. The lowest BCUT2D eigenvalue weighted by atomic mass is 10.1. The minimum Gasteiger partial charge on any atom is -0.481 e. The summed E-state index contributed by atoms with van der Waals surface area (Å²) >= 11 is 0. The van der Waals surface area contributed by atoms with E-state index in [1.807, 2.05) is 0 Å². The van der Waals surface area contributed by atoms with Gasteiger partial charge in [0.25, 0.3) is 11.8 Å². The number of pyridine rings is 1. The zero-order valence-electron chi connectivity index (χ0n) is 17.7. The van der Waals surface area contributed by atoms with Crippen molar-refractivity contribution in [2.24, 2.45) is 0 Å². The molecule has 0 radical (unpaired) electrons. The van der Waals surface area contributed by atoms with Gasteiger partial charge in [-0.25, -0.2) is 9.78 Å². The van der Waals surface area contributed by atoms with Gasteiger partial charge in [-0.2, -0.15) is 13.2 Å². The topological polar surface area (TPSA) is 107 Å². The van der Waals surface area contributed by atoms with E-state index >= 15 is 0 Å². The van der Waals surface area contributed by atoms with E-state index in [0.717, 1.165) is 12.1 Å². The number of amides is 2. The van der Waals surface area contributed by atoms with Crippen molar-refractivity contribution < 1.29 is 37.0 Å². The van der Waals surface area contributed by atoms with Gasteiger partial charge < -0.3 is 20.1 Å². The SMILES string of the molecule is COc1ccc(C(=O)OCC(=O)Nc2cccc(C(=O)Nc3cccc(C(F)(F)F)c3)c2)cn1. The Hall–Kier alpha value is -4.41. The molecule has 0 aliphatic heterocycles. The predicted molar refractivity (Wildman–Crippen MR) is 116 cm³/mol. The maximum absolute atomic E-state index is 12.9. The zero-order chi connectivity index (χ0) is 24.7. The first-order valence-electron chi connectivity index (χ1n) is 9.71. The van der Waals surface area contributed by atoms with Crippen LogP contribution < -0.4 is 15.4 Å². The number of rotatable bonds is 7. The van der Waals surface area contributed by atoms with Crippen LogP contribution in [0.5, 0.6) is 5.88 Å². The summed E-state index contributed by atoms with van der Waals surface area (Å²) in [5, 5.41) is 4.86. The average molecular weight is 473 g/mol. The van der Waals surface area contributed by atoms with Crippen LogP contribution in [0, 0.1) is 0 Å². The summed E-state index contributed by atoms with van der Waals surface area (Å²) in [5.74, 6) is -1.79. The molecule has 0 saturated heterocycles. The fourth-order valence-corrected chi connectivity index (χ4v) is 2.75. The van der Waals surface area contributed by atoms with Crippen LogP contribution in [-0.4, -0.2) is 36.5 Å². The number of alkyl halides is 3. The fourth-order valence-electron chi connectivity index (χ4n) is 2.75. The molecule has 0 aliphatic carbocycles. The lowest BCUT2D eigenvalue weighted by Crippen LogP contribution is -2.21. The van der Waals surface area contributed by atoms with Gasteiger partial charge in [0.05, 0.1) is 18.2 Å². The molecule has 2 amide bonds. The van der Waals surface area contributed by atoms with Crippen molar-refractivity contribution in [3.63, 3.8) is 0 Å². The van der Waals surface area contributed by atoms with Crippen molar-refractivity contribution in [3.8, 4) is 5.88 Å². The molecule has 2 aromatic carbocycles. The summed E-state index contributed by atoms with van der Waals surface area (Å²) in [6, 6.07) is 12.8. The molecule has 3 aromatic rings. The summed E-state index contributed by atoms with van der Waals surface area (Å²) < 4.78 is 48.4.